The SMILES string of the molecule is Cc1ncc(-c2ccc3ncc4cc3c2/C=C/CCNC(=O)[C@@H]2C[C@H](CC(C)N2C)N4)cn1. The lowest BCUT2D eigenvalue weighted by atomic mass is 9.91. The molecule has 33 heavy (non-hydrogen) atoms. The van der Waals surface area contributed by atoms with Gasteiger partial charge in [0.2, 0.25) is 5.91 Å². The summed E-state index contributed by atoms with van der Waals surface area (Å²) in [5.74, 6) is 0.855. The van der Waals surface area contributed by atoms with E-state index in [-0.39, 0.29) is 18.0 Å². The highest BCUT2D eigenvalue weighted by molar-refractivity contribution is 5.96. The molecule has 3 aromatic rings. The second-order valence-corrected chi connectivity index (χ2v) is 9.16. The lowest BCUT2D eigenvalue weighted by molar-refractivity contribution is -0.128. The van der Waals surface area contributed by atoms with Gasteiger partial charge in [-0.25, -0.2) is 9.97 Å². The molecule has 0 radical (unpaired) electrons. The lowest BCUT2D eigenvalue weighted by Gasteiger charge is -2.41. The van der Waals surface area contributed by atoms with E-state index in [1.807, 2.05) is 32.6 Å². The predicted octanol–water partition coefficient (Wildman–Crippen LogP) is 3.80. The minimum atomic E-state index is -0.129. The Kier molecular flexibility index (Phi) is 5.81. The number of carbonyl (C=O) groups is 1. The standard InChI is InChI=1S/C26H30N6O/c1-16-10-19-12-25(32(16)3)26(33)27-9-5-4-6-22-21(18-13-28-17(2)29-14-18)7-8-24-23(22)11-20(31-19)15-30-24/h4,6-8,11,13-16,19,25,31H,5,9-10,12H2,1-3H3,(H,27,33)/b6-4+/t16?,19-,25-/m0/s1. The van der Waals surface area contributed by atoms with Gasteiger partial charge < -0.3 is 10.6 Å². The van der Waals surface area contributed by atoms with Gasteiger partial charge in [0.1, 0.15) is 5.82 Å². The fourth-order valence-corrected chi connectivity index (χ4v) is 4.92. The number of likely N-dealkylation sites (N-methyl/N-ethyl adjacent to an activating group) is 1. The minimum absolute atomic E-state index is 0.104. The summed E-state index contributed by atoms with van der Waals surface area (Å²) < 4.78 is 0. The van der Waals surface area contributed by atoms with E-state index in [2.05, 4.69) is 62.8 Å². The van der Waals surface area contributed by atoms with Crippen LogP contribution in [0, 0.1) is 6.92 Å². The van der Waals surface area contributed by atoms with Crippen molar-refractivity contribution < 1.29 is 4.79 Å². The second kappa shape index (κ2) is 8.90. The topological polar surface area (TPSA) is 83.0 Å². The van der Waals surface area contributed by atoms with Gasteiger partial charge >= 0.3 is 0 Å². The average Bonchev–Trinajstić information content (AvgIpc) is 2.81. The van der Waals surface area contributed by atoms with Crippen molar-refractivity contribution in [3.63, 3.8) is 0 Å². The quantitative estimate of drug-likeness (QED) is 0.597. The molecule has 0 spiro atoms. The van der Waals surface area contributed by atoms with E-state index in [1.54, 1.807) is 0 Å². The Morgan fingerprint density at radius 2 is 1.91 bits per heavy atom. The zero-order valence-electron chi connectivity index (χ0n) is 19.4. The molecule has 1 unspecified atom stereocenters. The monoisotopic (exact) mass is 442 g/mol. The summed E-state index contributed by atoms with van der Waals surface area (Å²) in [6.45, 7) is 4.69. The molecule has 2 aliphatic heterocycles. The van der Waals surface area contributed by atoms with Crippen molar-refractivity contribution in [1.29, 1.82) is 0 Å². The normalized spacial score (nSPS) is 24.7. The van der Waals surface area contributed by atoms with E-state index in [1.165, 1.54) is 0 Å². The maximum absolute atomic E-state index is 12.9. The molecule has 7 nitrogen and oxygen atoms in total. The first-order chi connectivity index (χ1) is 16.0. The number of hydrogen-bond acceptors (Lipinski definition) is 6. The molecule has 4 bridgehead atoms. The third-order valence-corrected chi connectivity index (χ3v) is 6.89. The van der Waals surface area contributed by atoms with E-state index >= 15 is 0 Å². The number of aromatic nitrogens is 3. The molecule has 2 N–H and O–H groups in total. The van der Waals surface area contributed by atoms with E-state index in [9.17, 15) is 4.79 Å². The van der Waals surface area contributed by atoms with E-state index in [4.69, 9.17) is 4.98 Å². The Morgan fingerprint density at radius 3 is 2.73 bits per heavy atom. The predicted molar refractivity (Wildman–Crippen MR) is 132 cm³/mol. The van der Waals surface area contributed by atoms with Crippen LogP contribution < -0.4 is 10.6 Å². The van der Waals surface area contributed by atoms with Crippen LogP contribution in [0.1, 0.15) is 37.6 Å². The molecule has 170 valence electrons. The summed E-state index contributed by atoms with van der Waals surface area (Å²) in [6.07, 6.45) is 12.4. The highest BCUT2D eigenvalue weighted by atomic mass is 16.2. The maximum atomic E-state index is 12.9. The smallest absolute Gasteiger partial charge is 0.237 e. The number of aryl methyl sites for hydroxylation is 1. The van der Waals surface area contributed by atoms with Crippen molar-refractivity contribution >= 4 is 28.6 Å². The molecular weight excluding hydrogens is 412 g/mol. The summed E-state index contributed by atoms with van der Waals surface area (Å²) in [5.41, 5.74) is 5.07. The number of hydrogen-bond donors (Lipinski definition) is 2. The fraction of sp³-hybridized carbons (Fsp3) is 0.385. The van der Waals surface area contributed by atoms with Crippen molar-refractivity contribution in [3.8, 4) is 11.1 Å². The summed E-state index contributed by atoms with van der Waals surface area (Å²) in [4.78, 5) is 28.6. The molecule has 5 rings (SSSR count). The van der Waals surface area contributed by atoms with Gasteiger partial charge in [-0.2, -0.15) is 0 Å². The average molecular weight is 443 g/mol. The van der Waals surface area contributed by atoms with Crippen LogP contribution in [0.15, 0.2) is 42.9 Å². The van der Waals surface area contributed by atoms with E-state index in [0.717, 1.165) is 58.4 Å². The molecular formula is C26H30N6O. The van der Waals surface area contributed by atoms with Crippen LogP contribution in [-0.2, 0) is 4.79 Å². The van der Waals surface area contributed by atoms with Gasteiger partial charge in [-0.1, -0.05) is 18.2 Å². The Morgan fingerprint density at radius 1 is 1.09 bits per heavy atom. The van der Waals surface area contributed by atoms with Gasteiger partial charge in [0.15, 0.2) is 0 Å². The third-order valence-electron chi connectivity index (χ3n) is 6.89. The van der Waals surface area contributed by atoms with Gasteiger partial charge in [-0.3, -0.25) is 14.7 Å². The molecule has 0 saturated carbocycles. The van der Waals surface area contributed by atoms with Crippen LogP contribution in [0.4, 0.5) is 5.69 Å². The van der Waals surface area contributed by atoms with Gasteiger partial charge in [0, 0.05) is 42.0 Å². The summed E-state index contributed by atoms with van der Waals surface area (Å²) in [5, 5.41) is 7.90. The lowest BCUT2D eigenvalue weighted by Crippen LogP contribution is -2.55. The first-order valence-corrected chi connectivity index (χ1v) is 11.6. The number of carbonyl (C=O) groups excluding carboxylic acids is 1. The summed E-state index contributed by atoms with van der Waals surface area (Å²) in [6, 6.07) is 6.73. The Hall–Kier alpha value is -3.32. The molecule has 7 heteroatoms. The number of piperidine rings is 1. The molecule has 1 amide bonds. The van der Waals surface area contributed by atoms with Crippen LogP contribution in [0.2, 0.25) is 0 Å². The molecule has 1 fully saturated rings. The van der Waals surface area contributed by atoms with Crippen LogP contribution in [-0.4, -0.2) is 57.5 Å². The van der Waals surface area contributed by atoms with Crippen molar-refractivity contribution in [2.75, 3.05) is 18.9 Å². The van der Waals surface area contributed by atoms with Crippen molar-refractivity contribution in [2.45, 2.75) is 51.2 Å². The summed E-state index contributed by atoms with van der Waals surface area (Å²) in [7, 11) is 2.05. The first-order valence-electron chi connectivity index (χ1n) is 11.6. The Bertz CT molecular complexity index is 1210. The number of nitrogens with zero attached hydrogens (tertiary/aromatic N) is 4. The number of likely N-dealkylation sites (tertiary alicyclic amines) is 1. The number of fused-ring (bicyclic) bond motifs is 3. The van der Waals surface area contributed by atoms with Crippen LogP contribution in [0.5, 0.6) is 0 Å². The summed E-state index contributed by atoms with van der Waals surface area (Å²) >= 11 is 0. The largest absolute Gasteiger partial charge is 0.381 e. The van der Waals surface area contributed by atoms with Gasteiger partial charge in [0.05, 0.1) is 23.4 Å². The minimum Gasteiger partial charge on any atom is -0.381 e. The van der Waals surface area contributed by atoms with E-state index in [0.29, 0.717) is 12.6 Å². The van der Waals surface area contributed by atoms with Gasteiger partial charge in [-0.15, -0.1) is 0 Å². The van der Waals surface area contributed by atoms with Gasteiger partial charge in [0.25, 0.3) is 0 Å². The Balaban J connectivity index is 1.61. The molecule has 1 saturated heterocycles. The number of rotatable bonds is 1. The second-order valence-electron chi connectivity index (χ2n) is 9.16. The van der Waals surface area contributed by atoms with E-state index < -0.39 is 0 Å². The Labute approximate surface area is 194 Å². The first kappa shape index (κ1) is 21.5. The highest BCUT2D eigenvalue weighted by Gasteiger charge is 2.35. The number of nitrogens with one attached hydrogen (secondary N) is 2. The molecule has 1 aromatic carbocycles. The molecule has 3 atom stereocenters. The number of pyridine rings is 1. The third kappa shape index (κ3) is 4.33. The molecule has 2 aromatic heterocycles. The van der Waals surface area contributed by atoms with Gasteiger partial charge in [-0.05, 0) is 63.4 Å². The molecule has 0 aliphatic carbocycles. The van der Waals surface area contributed by atoms with Crippen LogP contribution in [0.3, 0.4) is 0 Å². The molecule has 4 heterocycles. The fourth-order valence-electron chi connectivity index (χ4n) is 4.92. The number of benzene rings is 1. The number of anilines is 1. The van der Waals surface area contributed by atoms with Crippen molar-refractivity contribution in [3.05, 3.63) is 54.3 Å². The van der Waals surface area contributed by atoms with Crippen molar-refractivity contribution in [2.24, 2.45) is 0 Å². The van der Waals surface area contributed by atoms with Crippen molar-refractivity contribution in [1.82, 2.24) is 25.2 Å². The maximum Gasteiger partial charge on any atom is 0.237 e. The zero-order valence-corrected chi connectivity index (χ0v) is 19.4. The zero-order chi connectivity index (χ0) is 22.9. The highest BCUT2D eigenvalue weighted by Crippen LogP contribution is 2.33. The molecule has 2 aliphatic rings. The van der Waals surface area contributed by atoms with Crippen LogP contribution >= 0.6 is 0 Å². The van der Waals surface area contributed by atoms with Crippen LogP contribution in [0.25, 0.3) is 28.1 Å². The number of amides is 1.